The summed E-state index contributed by atoms with van der Waals surface area (Å²) >= 11 is 0. The summed E-state index contributed by atoms with van der Waals surface area (Å²) in [5.41, 5.74) is 0. The first kappa shape index (κ1) is 24.1. The number of halogens is 1. The molecule has 1 aromatic heterocycles. The molecule has 0 bridgehead atoms. The molecule has 2 rings (SSSR count). The van der Waals surface area contributed by atoms with Crippen molar-refractivity contribution < 1.29 is 4.74 Å². The number of unbranched alkanes of at least 4 members (excludes halogenated alkanes) is 1. The van der Waals surface area contributed by atoms with Crippen molar-refractivity contribution in [2.45, 2.75) is 71.8 Å². The van der Waals surface area contributed by atoms with Gasteiger partial charge in [0.2, 0.25) is 0 Å². The van der Waals surface area contributed by atoms with E-state index < -0.39 is 0 Å². The van der Waals surface area contributed by atoms with Crippen LogP contribution >= 0.6 is 24.0 Å². The highest BCUT2D eigenvalue weighted by Crippen LogP contribution is 2.15. The van der Waals surface area contributed by atoms with Crippen LogP contribution < -0.4 is 10.6 Å². The average molecular weight is 492 g/mol. The van der Waals surface area contributed by atoms with Crippen LogP contribution in [0.4, 0.5) is 0 Å². The summed E-state index contributed by atoms with van der Waals surface area (Å²) in [7, 11) is 0. The number of fused-ring (bicyclic) bond motifs is 1. The lowest BCUT2D eigenvalue weighted by molar-refractivity contribution is 0.143. The van der Waals surface area contributed by atoms with Crippen LogP contribution in [0.25, 0.3) is 0 Å². The Balaban J connectivity index is 0.00000364. The monoisotopic (exact) mass is 492 g/mol. The van der Waals surface area contributed by atoms with Gasteiger partial charge in [0, 0.05) is 52.2 Å². The third kappa shape index (κ3) is 9.23. The quantitative estimate of drug-likeness (QED) is 0.215. The predicted octanol–water partition coefficient (Wildman–Crippen LogP) is 2.93. The number of nitrogens with one attached hydrogen (secondary N) is 2. The summed E-state index contributed by atoms with van der Waals surface area (Å²) < 4.78 is 7.70. The highest BCUT2D eigenvalue weighted by Gasteiger charge is 2.13. The highest BCUT2D eigenvalue weighted by molar-refractivity contribution is 14.0. The number of hydrogen-bond donors (Lipinski definition) is 2. The van der Waals surface area contributed by atoms with E-state index in [9.17, 15) is 0 Å². The van der Waals surface area contributed by atoms with E-state index >= 15 is 0 Å². The predicted molar refractivity (Wildman–Crippen MR) is 121 cm³/mol. The van der Waals surface area contributed by atoms with Gasteiger partial charge in [-0.05, 0) is 46.0 Å². The first-order chi connectivity index (χ1) is 12.8. The molecule has 0 radical (unpaired) electrons. The standard InChI is InChI=1S/C19H36N6O.HI/c1-3-20-19(21-13-7-9-16-26-4-2)22-14-10-12-18-24-23-17-11-6-5-8-15-25(17)18;/h3-16H2,1-2H3,(H2,20,21,22);1H. The van der Waals surface area contributed by atoms with Crippen molar-refractivity contribution in [1.29, 1.82) is 0 Å². The van der Waals surface area contributed by atoms with E-state index in [0.717, 1.165) is 83.3 Å². The number of nitrogens with zero attached hydrogens (tertiary/aromatic N) is 4. The van der Waals surface area contributed by atoms with E-state index in [1.807, 2.05) is 6.92 Å². The lowest BCUT2D eigenvalue weighted by Crippen LogP contribution is -2.38. The molecule has 0 saturated heterocycles. The fraction of sp³-hybridized carbons (Fsp3) is 0.842. The third-order valence-electron chi connectivity index (χ3n) is 4.57. The molecular formula is C19H37IN6O. The molecule has 0 fully saturated rings. The normalized spacial score (nSPS) is 14.2. The number of ether oxygens (including phenoxy) is 1. The summed E-state index contributed by atoms with van der Waals surface area (Å²) in [6.45, 7) is 9.45. The molecule has 156 valence electrons. The SMILES string of the molecule is CCNC(=NCCCc1nnc2n1CCCCC2)NCCCCOCC.I. The van der Waals surface area contributed by atoms with Gasteiger partial charge in [0.05, 0.1) is 0 Å². The first-order valence-corrected chi connectivity index (χ1v) is 10.4. The van der Waals surface area contributed by atoms with Crippen LogP contribution in [0.15, 0.2) is 4.99 Å². The lowest BCUT2D eigenvalue weighted by Gasteiger charge is -2.11. The van der Waals surface area contributed by atoms with Gasteiger partial charge in [0.15, 0.2) is 5.96 Å². The first-order valence-electron chi connectivity index (χ1n) is 10.4. The molecule has 7 nitrogen and oxygen atoms in total. The Morgan fingerprint density at radius 1 is 1.11 bits per heavy atom. The van der Waals surface area contributed by atoms with Crippen molar-refractivity contribution in [2.75, 3.05) is 32.8 Å². The maximum absolute atomic E-state index is 5.36. The van der Waals surface area contributed by atoms with Crippen LogP contribution in [0.2, 0.25) is 0 Å². The molecule has 2 N–H and O–H groups in total. The maximum Gasteiger partial charge on any atom is 0.191 e. The molecule has 2 heterocycles. The minimum atomic E-state index is 0. The van der Waals surface area contributed by atoms with E-state index in [0.29, 0.717) is 0 Å². The van der Waals surface area contributed by atoms with Gasteiger partial charge in [-0.25, -0.2) is 0 Å². The number of rotatable bonds is 11. The van der Waals surface area contributed by atoms with Crippen LogP contribution in [0.3, 0.4) is 0 Å². The molecule has 0 aromatic carbocycles. The van der Waals surface area contributed by atoms with Crippen LogP contribution in [0.5, 0.6) is 0 Å². The number of aromatic nitrogens is 3. The molecule has 0 spiro atoms. The zero-order valence-corrected chi connectivity index (χ0v) is 19.3. The van der Waals surface area contributed by atoms with Crippen LogP contribution in [0.1, 0.15) is 64.0 Å². The van der Waals surface area contributed by atoms with Crippen LogP contribution in [0, 0.1) is 0 Å². The van der Waals surface area contributed by atoms with Crippen molar-refractivity contribution in [3.63, 3.8) is 0 Å². The second-order valence-electron chi connectivity index (χ2n) is 6.69. The second kappa shape index (κ2) is 15.1. The van der Waals surface area contributed by atoms with Crippen LogP contribution in [-0.2, 0) is 24.1 Å². The Morgan fingerprint density at radius 2 is 2.00 bits per heavy atom. The Kier molecular flexibility index (Phi) is 13.5. The van der Waals surface area contributed by atoms with Crippen molar-refractivity contribution >= 4 is 29.9 Å². The van der Waals surface area contributed by atoms with E-state index in [1.54, 1.807) is 0 Å². The summed E-state index contributed by atoms with van der Waals surface area (Å²) in [4.78, 5) is 4.68. The summed E-state index contributed by atoms with van der Waals surface area (Å²) in [6.07, 6.45) is 8.98. The van der Waals surface area contributed by atoms with Gasteiger partial charge in [-0.2, -0.15) is 0 Å². The van der Waals surface area contributed by atoms with E-state index in [-0.39, 0.29) is 24.0 Å². The molecule has 1 aromatic rings. The number of aliphatic imine (C=N–C) groups is 1. The Morgan fingerprint density at radius 3 is 2.81 bits per heavy atom. The molecule has 0 amide bonds. The minimum absolute atomic E-state index is 0. The van der Waals surface area contributed by atoms with Gasteiger partial charge in [0.25, 0.3) is 0 Å². The Labute approximate surface area is 181 Å². The molecule has 1 aliphatic heterocycles. The van der Waals surface area contributed by atoms with Gasteiger partial charge in [-0.3, -0.25) is 4.99 Å². The van der Waals surface area contributed by atoms with Crippen molar-refractivity contribution in [3.05, 3.63) is 11.6 Å². The largest absolute Gasteiger partial charge is 0.382 e. The molecule has 8 heteroatoms. The Hall–Kier alpha value is -0.900. The third-order valence-corrected chi connectivity index (χ3v) is 4.57. The molecule has 0 saturated carbocycles. The van der Waals surface area contributed by atoms with Gasteiger partial charge < -0.3 is 19.9 Å². The van der Waals surface area contributed by atoms with Crippen molar-refractivity contribution in [1.82, 2.24) is 25.4 Å². The number of guanidine groups is 1. The summed E-state index contributed by atoms with van der Waals surface area (Å²) in [5, 5.41) is 15.5. The average Bonchev–Trinajstić information content (AvgIpc) is 2.87. The van der Waals surface area contributed by atoms with Crippen molar-refractivity contribution in [3.8, 4) is 0 Å². The van der Waals surface area contributed by atoms with Gasteiger partial charge >= 0.3 is 0 Å². The number of aryl methyl sites for hydroxylation is 2. The van der Waals surface area contributed by atoms with Crippen LogP contribution in [-0.4, -0.2) is 53.6 Å². The molecule has 1 aliphatic rings. The fourth-order valence-corrected chi connectivity index (χ4v) is 3.18. The molecule has 0 unspecified atom stereocenters. The second-order valence-corrected chi connectivity index (χ2v) is 6.69. The minimum Gasteiger partial charge on any atom is -0.382 e. The van der Waals surface area contributed by atoms with E-state index in [1.165, 1.54) is 25.1 Å². The Bertz CT molecular complexity index is 534. The number of hydrogen-bond acceptors (Lipinski definition) is 4. The zero-order chi connectivity index (χ0) is 18.5. The van der Waals surface area contributed by atoms with E-state index in [2.05, 4.69) is 37.3 Å². The van der Waals surface area contributed by atoms with Crippen molar-refractivity contribution in [2.24, 2.45) is 4.99 Å². The molecule has 0 atom stereocenters. The topological polar surface area (TPSA) is 76.4 Å². The smallest absolute Gasteiger partial charge is 0.191 e. The lowest BCUT2D eigenvalue weighted by atomic mass is 10.2. The molecular weight excluding hydrogens is 455 g/mol. The fourth-order valence-electron chi connectivity index (χ4n) is 3.18. The zero-order valence-electron chi connectivity index (χ0n) is 17.0. The molecule has 0 aliphatic carbocycles. The van der Waals surface area contributed by atoms with E-state index in [4.69, 9.17) is 4.74 Å². The molecule has 27 heavy (non-hydrogen) atoms. The van der Waals surface area contributed by atoms with Gasteiger partial charge in [0.1, 0.15) is 11.6 Å². The highest BCUT2D eigenvalue weighted by atomic mass is 127. The van der Waals surface area contributed by atoms with Gasteiger partial charge in [-0.15, -0.1) is 34.2 Å². The van der Waals surface area contributed by atoms with Gasteiger partial charge in [-0.1, -0.05) is 6.42 Å². The summed E-state index contributed by atoms with van der Waals surface area (Å²) in [6, 6.07) is 0. The summed E-state index contributed by atoms with van der Waals surface area (Å²) in [5.74, 6) is 3.21. The maximum atomic E-state index is 5.36.